The molecule has 5 aromatic carbocycles. The smallest absolute Gasteiger partial charge is 0.201 e. The van der Waals surface area contributed by atoms with Crippen LogP contribution in [0.15, 0.2) is 143 Å². The number of aryl methyl sites for hydroxylation is 1. The maximum Gasteiger partial charge on any atom is 0.201 e. The zero-order chi connectivity index (χ0) is 28.9. The second-order valence-electron chi connectivity index (χ2n) is 10.5. The first kappa shape index (κ1) is 27.5. The lowest BCUT2D eigenvalue weighted by Crippen LogP contribution is -2.33. The molecule has 0 amide bonds. The van der Waals surface area contributed by atoms with Crippen molar-refractivity contribution < 1.29 is 14.6 Å². The summed E-state index contributed by atoms with van der Waals surface area (Å²) >= 11 is 0. The van der Waals surface area contributed by atoms with Gasteiger partial charge in [0.1, 0.15) is 28.9 Å². The second kappa shape index (κ2) is 12.1. The zero-order valence-electron chi connectivity index (χ0n) is 23.2. The molecule has 0 aliphatic heterocycles. The molecule has 0 unspecified atom stereocenters. The van der Waals surface area contributed by atoms with Crippen LogP contribution in [0.5, 0.6) is 11.5 Å². The Morgan fingerprint density at radius 3 is 1.71 bits per heavy atom. The van der Waals surface area contributed by atoms with Gasteiger partial charge in [-0.15, -0.1) is 0 Å². The van der Waals surface area contributed by atoms with E-state index in [9.17, 15) is 15.0 Å². The van der Waals surface area contributed by atoms with E-state index in [1.165, 1.54) is 39.7 Å². The van der Waals surface area contributed by atoms with Crippen LogP contribution in [0.1, 0.15) is 18.4 Å². The lowest BCUT2D eigenvalue weighted by molar-refractivity contribution is 0.400. The number of rotatable bonds is 9. The third kappa shape index (κ3) is 5.34. The Morgan fingerprint density at radius 2 is 1.17 bits per heavy atom. The van der Waals surface area contributed by atoms with Crippen molar-refractivity contribution >= 4 is 34.1 Å². The molecule has 0 radical (unpaired) electrons. The molecule has 6 rings (SSSR count). The fraction of sp³-hybridized carbons (Fsp3) is 0.108. The third-order valence-electron chi connectivity index (χ3n) is 7.89. The zero-order valence-corrected chi connectivity index (χ0v) is 24.1. The molecule has 0 aliphatic rings. The van der Waals surface area contributed by atoms with Gasteiger partial charge in [0.05, 0.1) is 11.5 Å². The summed E-state index contributed by atoms with van der Waals surface area (Å²) in [6, 6.07) is 45.1. The Hall–Kier alpha value is -4.66. The molecule has 4 nitrogen and oxygen atoms in total. The number of phenolic OH excluding ortho intramolecular Hbond substituents is 2. The van der Waals surface area contributed by atoms with Gasteiger partial charge in [-0.25, -0.2) is 0 Å². The monoisotopic (exact) mass is 571 g/mol. The van der Waals surface area contributed by atoms with Gasteiger partial charge in [-0.3, -0.25) is 4.79 Å². The molecule has 0 fully saturated rings. The molecule has 0 spiro atoms. The van der Waals surface area contributed by atoms with E-state index in [0.717, 1.165) is 31.0 Å². The summed E-state index contributed by atoms with van der Waals surface area (Å²) in [5.74, 6) is -0.400. The Morgan fingerprint density at radius 1 is 0.619 bits per heavy atom. The molecule has 1 aromatic heterocycles. The predicted octanol–water partition coefficient (Wildman–Crippen LogP) is 7.19. The largest absolute Gasteiger partial charge is 0.504 e. The van der Waals surface area contributed by atoms with Crippen LogP contribution in [0.2, 0.25) is 0 Å². The average molecular weight is 572 g/mol. The topological polar surface area (TPSA) is 70.7 Å². The van der Waals surface area contributed by atoms with E-state index in [2.05, 4.69) is 103 Å². The molecule has 0 atom stereocenters. The lowest BCUT2D eigenvalue weighted by Gasteiger charge is -2.27. The minimum Gasteiger partial charge on any atom is -0.504 e. The maximum atomic E-state index is 12.6. The van der Waals surface area contributed by atoms with Gasteiger partial charge < -0.3 is 14.6 Å². The summed E-state index contributed by atoms with van der Waals surface area (Å²) in [5, 5.41) is 24.5. The molecular weight excluding hydrogens is 539 g/mol. The molecule has 0 bridgehead atoms. The van der Waals surface area contributed by atoms with E-state index in [-0.39, 0.29) is 22.1 Å². The van der Waals surface area contributed by atoms with Crippen LogP contribution in [0.25, 0.3) is 22.3 Å². The van der Waals surface area contributed by atoms with Crippen molar-refractivity contribution in [2.45, 2.75) is 19.3 Å². The molecule has 2 N–H and O–H groups in total. The van der Waals surface area contributed by atoms with Crippen molar-refractivity contribution in [1.29, 1.82) is 0 Å². The summed E-state index contributed by atoms with van der Waals surface area (Å²) in [6.45, 7) is 0. The van der Waals surface area contributed by atoms with Crippen LogP contribution in [-0.4, -0.2) is 16.4 Å². The first-order chi connectivity index (χ1) is 20.6. The molecule has 0 saturated heterocycles. The van der Waals surface area contributed by atoms with Gasteiger partial charge in [0, 0.05) is 11.6 Å². The van der Waals surface area contributed by atoms with Crippen LogP contribution in [0.3, 0.4) is 0 Å². The number of hydrogen-bond acceptors (Lipinski definition) is 4. The average Bonchev–Trinajstić information content (AvgIpc) is 3.05. The first-order valence-electron chi connectivity index (χ1n) is 14.2. The maximum absolute atomic E-state index is 12.6. The molecule has 0 aliphatic carbocycles. The predicted molar refractivity (Wildman–Crippen MR) is 174 cm³/mol. The summed E-state index contributed by atoms with van der Waals surface area (Å²) in [4.78, 5) is 12.6. The van der Waals surface area contributed by atoms with E-state index in [1.54, 1.807) is 0 Å². The SMILES string of the molecule is O=c1cc(-c2ccc(CCCC[P+](c3ccccc3)(c3ccccc3)c3ccccc3)cc2)oc2c(O)c(O)ccc12. The van der Waals surface area contributed by atoms with Crippen LogP contribution in [-0.2, 0) is 6.42 Å². The number of aromatic hydroxyl groups is 2. The van der Waals surface area contributed by atoms with Gasteiger partial charge in [-0.05, 0) is 73.4 Å². The van der Waals surface area contributed by atoms with Crippen LogP contribution in [0, 0.1) is 0 Å². The highest BCUT2D eigenvalue weighted by atomic mass is 31.2. The molecule has 1 heterocycles. The highest BCUT2D eigenvalue weighted by molar-refractivity contribution is 7.95. The van der Waals surface area contributed by atoms with Gasteiger partial charge in [-0.2, -0.15) is 0 Å². The first-order valence-corrected chi connectivity index (χ1v) is 16.2. The van der Waals surface area contributed by atoms with Crippen LogP contribution in [0.4, 0.5) is 0 Å². The number of benzene rings is 5. The highest BCUT2D eigenvalue weighted by Gasteiger charge is 2.44. The third-order valence-corrected chi connectivity index (χ3v) is 12.4. The lowest BCUT2D eigenvalue weighted by atomic mass is 10.0. The van der Waals surface area contributed by atoms with E-state index in [0.29, 0.717) is 5.76 Å². The van der Waals surface area contributed by atoms with E-state index in [1.807, 2.05) is 12.1 Å². The van der Waals surface area contributed by atoms with Gasteiger partial charge >= 0.3 is 0 Å². The summed E-state index contributed by atoms with van der Waals surface area (Å²) in [5.41, 5.74) is 1.67. The molecule has 5 heteroatoms. The normalized spacial score (nSPS) is 11.5. The molecule has 0 saturated carbocycles. The number of phenols is 2. The Bertz CT molecular complexity index is 1750. The molecule has 6 aromatic rings. The van der Waals surface area contributed by atoms with Gasteiger partial charge in [0.15, 0.2) is 16.8 Å². The van der Waals surface area contributed by atoms with Crippen LogP contribution >= 0.6 is 7.26 Å². The minimum absolute atomic E-state index is 0.0105. The molecule has 208 valence electrons. The molecular formula is C37H32O4P+. The molecule has 42 heavy (non-hydrogen) atoms. The fourth-order valence-corrected chi connectivity index (χ4v) is 10.1. The Balaban J connectivity index is 1.22. The number of fused-ring (bicyclic) bond motifs is 1. The Kier molecular flexibility index (Phi) is 7.90. The summed E-state index contributed by atoms with van der Waals surface area (Å²) in [6.07, 6.45) is 4.15. The van der Waals surface area contributed by atoms with Crippen molar-refractivity contribution in [3.8, 4) is 22.8 Å². The van der Waals surface area contributed by atoms with Crippen molar-refractivity contribution in [2.24, 2.45) is 0 Å². The summed E-state index contributed by atoms with van der Waals surface area (Å²) < 4.78 is 5.84. The van der Waals surface area contributed by atoms with Gasteiger partial charge in [-0.1, -0.05) is 78.9 Å². The number of hydrogen-bond donors (Lipinski definition) is 2. The van der Waals surface area contributed by atoms with Crippen molar-refractivity contribution in [3.63, 3.8) is 0 Å². The summed E-state index contributed by atoms with van der Waals surface area (Å²) in [7, 11) is -1.84. The van der Waals surface area contributed by atoms with Gasteiger partial charge in [0.2, 0.25) is 5.75 Å². The van der Waals surface area contributed by atoms with E-state index >= 15 is 0 Å². The minimum atomic E-state index is -1.84. The van der Waals surface area contributed by atoms with Gasteiger partial charge in [0.25, 0.3) is 0 Å². The second-order valence-corrected chi connectivity index (χ2v) is 14.1. The fourth-order valence-electron chi connectivity index (χ4n) is 5.73. The van der Waals surface area contributed by atoms with Crippen molar-refractivity contribution in [2.75, 3.05) is 6.16 Å². The van der Waals surface area contributed by atoms with E-state index < -0.39 is 13.0 Å². The Labute approximate surface area is 245 Å². The quantitative estimate of drug-likeness (QED) is 0.110. The standard InChI is InChI=1S/C37H31O4P/c38-33-24-23-32-34(39)26-35(41-37(32)36(33)40)28-21-19-27(20-22-28)12-10-11-25-42(29-13-4-1-5-14-29,30-15-6-2-7-16-30)31-17-8-3-9-18-31/h1-9,13-24,26H,10-12,25H2,(H-,38,39,40)/p+1. The van der Waals surface area contributed by atoms with E-state index in [4.69, 9.17) is 4.42 Å². The van der Waals surface area contributed by atoms with Crippen LogP contribution < -0.4 is 21.3 Å². The number of unbranched alkanes of at least 4 members (excludes halogenated alkanes) is 1. The van der Waals surface area contributed by atoms with Crippen molar-refractivity contribution in [3.05, 3.63) is 149 Å². The van der Waals surface area contributed by atoms with Crippen molar-refractivity contribution in [1.82, 2.24) is 0 Å². The highest BCUT2D eigenvalue weighted by Crippen LogP contribution is 2.56.